The Bertz CT molecular complexity index is 606. The van der Waals surface area contributed by atoms with E-state index in [1.54, 1.807) is 18.2 Å². The number of hydrogen-bond donors (Lipinski definition) is 3. The third-order valence-corrected chi connectivity index (χ3v) is 4.33. The highest BCUT2D eigenvalue weighted by molar-refractivity contribution is 6.32. The van der Waals surface area contributed by atoms with E-state index < -0.39 is 11.9 Å². The Kier molecular flexibility index (Phi) is 8.50. The number of rotatable bonds is 9. The second kappa shape index (κ2) is 10.9. The molecule has 1 aliphatic carbocycles. The summed E-state index contributed by atoms with van der Waals surface area (Å²) < 4.78 is 10.9. The van der Waals surface area contributed by atoms with Gasteiger partial charge in [-0.05, 0) is 31.9 Å². The van der Waals surface area contributed by atoms with E-state index in [0.29, 0.717) is 36.3 Å². The highest BCUT2D eigenvalue weighted by atomic mass is 35.5. The first-order valence-corrected chi connectivity index (χ1v) is 9.31. The first-order valence-electron chi connectivity index (χ1n) is 8.93. The minimum atomic E-state index is -0.456. The molecule has 0 radical (unpaired) electrons. The van der Waals surface area contributed by atoms with Gasteiger partial charge in [0.1, 0.15) is 6.61 Å². The lowest BCUT2D eigenvalue weighted by molar-refractivity contribution is -0.118. The normalized spacial score (nSPS) is 14.1. The number of ether oxygens (including phenoxy) is 2. The maximum Gasteiger partial charge on any atom is 0.321 e. The molecule has 0 unspecified atom stereocenters. The molecule has 26 heavy (non-hydrogen) atoms. The molecule has 1 saturated carbocycles. The molecule has 0 spiro atoms. The van der Waals surface area contributed by atoms with E-state index in [0.717, 1.165) is 25.7 Å². The molecule has 144 valence electrons. The minimum absolute atomic E-state index is 0.0692. The predicted octanol–water partition coefficient (Wildman–Crippen LogP) is 2.94. The number of benzene rings is 1. The highest BCUT2D eigenvalue weighted by Crippen LogP contribution is 2.32. The number of urea groups is 1. The molecule has 0 saturated heterocycles. The van der Waals surface area contributed by atoms with Crippen LogP contribution in [0.2, 0.25) is 5.02 Å². The maximum absolute atomic E-state index is 12.0. The van der Waals surface area contributed by atoms with Gasteiger partial charge in [-0.3, -0.25) is 10.1 Å². The Hall–Kier alpha value is -1.99. The van der Waals surface area contributed by atoms with Crippen LogP contribution >= 0.6 is 11.6 Å². The summed E-state index contributed by atoms with van der Waals surface area (Å²) in [6.07, 6.45) is 4.15. The number of nitrogens with one attached hydrogen (secondary N) is 3. The quantitative estimate of drug-likeness (QED) is 0.570. The van der Waals surface area contributed by atoms with Crippen LogP contribution in [0.3, 0.4) is 0 Å². The van der Waals surface area contributed by atoms with Crippen molar-refractivity contribution in [1.29, 1.82) is 0 Å². The molecule has 0 heterocycles. The van der Waals surface area contributed by atoms with Crippen molar-refractivity contribution in [3.05, 3.63) is 23.2 Å². The summed E-state index contributed by atoms with van der Waals surface area (Å²) in [5.74, 6) is 0.0258. The van der Waals surface area contributed by atoms with E-state index in [-0.39, 0.29) is 12.6 Å². The molecule has 7 nitrogen and oxygen atoms in total. The van der Waals surface area contributed by atoms with Gasteiger partial charge < -0.3 is 20.1 Å². The lowest BCUT2D eigenvalue weighted by Gasteiger charge is -2.15. The number of hydrogen-bond acceptors (Lipinski definition) is 5. The van der Waals surface area contributed by atoms with Crippen LogP contribution in [0.15, 0.2) is 18.2 Å². The number of imide groups is 1. The average molecular weight is 384 g/mol. The van der Waals surface area contributed by atoms with E-state index in [9.17, 15) is 9.59 Å². The van der Waals surface area contributed by atoms with Crippen molar-refractivity contribution in [2.45, 2.75) is 38.6 Å². The van der Waals surface area contributed by atoms with Gasteiger partial charge in [0.2, 0.25) is 5.91 Å². The summed E-state index contributed by atoms with van der Waals surface area (Å²) in [6, 6.07) is 4.92. The summed E-state index contributed by atoms with van der Waals surface area (Å²) in [5, 5.41) is 8.52. The molecule has 2 rings (SSSR count). The van der Waals surface area contributed by atoms with Gasteiger partial charge in [-0.1, -0.05) is 30.5 Å². The van der Waals surface area contributed by atoms with Gasteiger partial charge in [0.05, 0.1) is 23.9 Å². The van der Waals surface area contributed by atoms with Crippen LogP contribution in [0, 0.1) is 0 Å². The van der Waals surface area contributed by atoms with Crippen LogP contribution in [0.25, 0.3) is 0 Å². The number of halogens is 1. The van der Waals surface area contributed by atoms with Crippen molar-refractivity contribution in [3.8, 4) is 5.75 Å². The van der Waals surface area contributed by atoms with Crippen molar-refractivity contribution < 1.29 is 19.1 Å². The largest absolute Gasteiger partial charge is 0.487 e. The molecule has 0 aliphatic heterocycles. The summed E-state index contributed by atoms with van der Waals surface area (Å²) >= 11 is 6.17. The van der Waals surface area contributed by atoms with Gasteiger partial charge in [-0.25, -0.2) is 4.79 Å². The first kappa shape index (κ1) is 20.3. The van der Waals surface area contributed by atoms with Crippen LogP contribution in [-0.4, -0.2) is 44.3 Å². The van der Waals surface area contributed by atoms with Crippen molar-refractivity contribution >= 4 is 29.2 Å². The molecule has 3 amide bonds. The fourth-order valence-corrected chi connectivity index (χ4v) is 3.01. The van der Waals surface area contributed by atoms with Gasteiger partial charge in [0.15, 0.2) is 5.75 Å². The lowest BCUT2D eigenvalue weighted by Crippen LogP contribution is -2.45. The summed E-state index contributed by atoms with van der Waals surface area (Å²) in [6.45, 7) is 3.25. The molecule has 0 aromatic heterocycles. The van der Waals surface area contributed by atoms with E-state index in [2.05, 4.69) is 16.0 Å². The number of para-hydroxylation sites is 1. The first-order chi connectivity index (χ1) is 12.6. The van der Waals surface area contributed by atoms with E-state index in [1.165, 1.54) is 0 Å². The van der Waals surface area contributed by atoms with Crippen molar-refractivity contribution in [1.82, 2.24) is 10.6 Å². The standard InChI is InChI=1S/C18H26ClN3O4/c1-2-25-10-11-26-17-14(19)8-5-9-15(17)20-12-16(23)22-18(24)21-13-6-3-4-7-13/h5,8-9,13,20H,2-4,6-7,10-12H2,1H3,(H2,21,22,23,24). The van der Waals surface area contributed by atoms with Gasteiger partial charge in [-0.15, -0.1) is 0 Å². The van der Waals surface area contributed by atoms with Crippen molar-refractivity contribution in [2.24, 2.45) is 0 Å². The van der Waals surface area contributed by atoms with E-state index in [1.807, 2.05) is 6.92 Å². The third kappa shape index (κ3) is 6.72. The average Bonchev–Trinajstić information content (AvgIpc) is 3.11. The van der Waals surface area contributed by atoms with E-state index >= 15 is 0 Å². The highest BCUT2D eigenvalue weighted by Gasteiger charge is 2.18. The third-order valence-electron chi connectivity index (χ3n) is 4.03. The molecule has 3 N–H and O–H groups in total. The van der Waals surface area contributed by atoms with Crippen LogP contribution < -0.4 is 20.7 Å². The predicted molar refractivity (Wildman–Crippen MR) is 101 cm³/mol. The summed E-state index contributed by atoms with van der Waals surface area (Å²) in [4.78, 5) is 23.8. The van der Waals surface area contributed by atoms with Gasteiger partial charge in [0.25, 0.3) is 0 Å². The SMILES string of the molecule is CCOCCOc1c(Cl)cccc1NCC(=O)NC(=O)NC1CCCC1. The number of amides is 3. The zero-order valence-electron chi connectivity index (χ0n) is 15.0. The molecule has 0 atom stereocenters. The smallest absolute Gasteiger partial charge is 0.321 e. The fourth-order valence-electron chi connectivity index (χ4n) is 2.78. The number of anilines is 1. The molecule has 1 aromatic carbocycles. The van der Waals surface area contributed by atoms with Gasteiger partial charge in [-0.2, -0.15) is 0 Å². The fraction of sp³-hybridized carbons (Fsp3) is 0.556. The Morgan fingerprint density at radius 3 is 2.73 bits per heavy atom. The van der Waals surface area contributed by atoms with Gasteiger partial charge in [0, 0.05) is 12.6 Å². The maximum atomic E-state index is 12.0. The monoisotopic (exact) mass is 383 g/mol. The summed E-state index contributed by atoms with van der Waals surface area (Å²) in [5.41, 5.74) is 0.584. The minimum Gasteiger partial charge on any atom is -0.487 e. The molecule has 1 aromatic rings. The zero-order chi connectivity index (χ0) is 18.8. The van der Waals surface area contributed by atoms with Crippen LogP contribution in [0.5, 0.6) is 5.75 Å². The number of carbonyl (C=O) groups excluding carboxylic acids is 2. The van der Waals surface area contributed by atoms with Crippen molar-refractivity contribution in [2.75, 3.05) is 31.7 Å². The number of carbonyl (C=O) groups is 2. The Morgan fingerprint density at radius 2 is 2.00 bits per heavy atom. The van der Waals surface area contributed by atoms with Gasteiger partial charge >= 0.3 is 6.03 Å². The van der Waals surface area contributed by atoms with Crippen molar-refractivity contribution in [3.63, 3.8) is 0 Å². The summed E-state index contributed by atoms with van der Waals surface area (Å²) in [7, 11) is 0. The lowest BCUT2D eigenvalue weighted by atomic mass is 10.2. The Morgan fingerprint density at radius 1 is 1.23 bits per heavy atom. The molecule has 8 heteroatoms. The molecule has 1 fully saturated rings. The zero-order valence-corrected chi connectivity index (χ0v) is 15.7. The second-order valence-electron chi connectivity index (χ2n) is 6.02. The molecule has 1 aliphatic rings. The van der Waals surface area contributed by atoms with Crippen LogP contribution in [0.1, 0.15) is 32.6 Å². The second-order valence-corrected chi connectivity index (χ2v) is 6.43. The topological polar surface area (TPSA) is 88.7 Å². The molecular weight excluding hydrogens is 358 g/mol. The van der Waals surface area contributed by atoms with Crippen LogP contribution in [-0.2, 0) is 9.53 Å². The molecule has 0 bridgehead atoms. The van der Waals surface area contributed by atoms with E-state index in [4.69, 9.17) is 21.1 Å². The van der Waals surface area contributed by atoms with Crippen LogP contribution in [0.4, 0.5) is 10.5 Å². The Balaban J connectivity index is 1.80. The molecular formula is C18H26ClN3O4. The Labute approximate surface area is 158 Å².